The van der Waals surface area contributed by atoms with Gasteiger partial charge in [-0.3, -0.25) is 14.4 Å². The van der Waals surface area contributed by atoms with Crippen LogP contribution in [0.5, 0.6) is 0 Å². The molecule has 33 heavy (non-hydrogen) atoms. The van der Waals surface area contributed by atoms with E-state index in [2.05, 4.69) is 28.8 Å². The van der Waals surface area contributed by atoms with E-state index in [1.807, 2.05) is 50.2 Å². The highest BCUT2D eigenvalue weighted by molar-refractivity contribution is 7.92. The molecule has 0 radical (unpaired) electrons. The third kappa shape index (κ3) is 6.21. The normalized spacial score (nSPS) is 11.4. The van der Waals surface area contributed by atoms with Crippen LogP contribution in [0.4, 0.5) is 11.4 Å². The fourth-order valence-corrected chi connectivity index (χ4v) is 4.63. The average molecular weight is 466 g/mol. The molecular weight excluding hydrogens is 434 g/mol. The van der Waals surface area contributed by atoms with Gasteiger partial charge in [0.15, 0.2) is 0 Å². The maximum Gasteiger partial charge on any atom is 0.261 e. The minimum Gasteiger partial charge on any atom is -0.322 e. The zero-order valence-electron chi connectivity index (χ0n) is 19.6. The minimum absolute atomic E-state index is 0.0983. The van der Waals surface area contributed by atoms with Crippen molar-refractivity contribution in [3.05, 3.63) is 89.0 Å². The second kappa shape index (κ2) is 10.6. The van der Waals surface area contributed by atoms with Gasteiger partial charge in [0.25, 0.3) is 15.9 Å². The summed E-state index contributed by atoms with van der Waals surface area (Å²) in [6.45, 7) is 10.8. The minimum atomic E-state index is -3.76. The van der Waals surface area contributed by atoms with Crippen molar-refractivity contribution in [2.75, 3.05) is 23.1 Å². The topological polar surface area (TPSA) is 78.5 Å². The van der Waals surface area contributed by atoms with E-state index in [1.165, 1.54) is 24.3 Å². The zero-order chi connectivity index (χ0) is 24.0. The Morgan fingerprint density at radius 2 is 1.58 bits per heavy atom. The molecule has 2 N–H and O–H groups in total. The van der Waals surface area contributed by atoms with Crippen LogP contribution in [-0.4, -0.2) is 32.3 Å². The van der Waals surface area contributed by atoms with E-state index in [1.54, 1.807) is 6.07 Å². The molecule has 0 aliphatic rings. The third-order valence-corrected chi connectivity index (χ3v) is 7.14. The molecule has 3 rings (SSSR count). The van der Waals surface area contributed by atoms with Crippen LogP contribution < -0.4 is 10.0 Å². The fourth-order valence-electron chi connectivity index (χ4n) is 3.51. The number of benzene rings is 3. The summed E-state index contributed by atoms with van der Waals surface area (Å²) < 4.78 is 28.2. The molecule has 6 nitrogen and oxygen atoms in total. The number of carbonyl (C=O) groups excluding carboxylic acids is 1. The lowest BCUT2D eigenvalue weighted by Gasteiger charge is -2.18. The number of rotatable bonds is 9. The number of carbonyl (C=O) groups is 1. The summed E-state index contributed by atoms with van der Waals surface area (Å²) in [7, 11) is -3.76. The zero-order valence-corrected chi connectivity index (χ0v) is 20.4. The molecule has 3 aromatic rings. The monoisotopic (exact) mass is 465 g/mol. The van der Waals surface area contributed by atoms with Gasteiger partial charge in [-0.05, 0) is 86.1 Å². The molecule has 174 valence electrons. The second-order valence-electron chi connectivity index (χ2n) is 7.99. The van der Waals surface area contributed by atoms with E-state index < -0.39 is 10.0 Å². The van der Waals surface area contributed by atoms with Crippen LogP contribution >= 0.6 is 0 Å². The van der Waals surface area contributed by atoms with Gasteiger partial charge < -0.3 is 5.32 Å². The number of sulfonamides is 1. The molecule has 0 aliphatic heterocycles. The number of hydrogen-bond donors (Lipinski definition) is 2. The van der Waals surface area contributed by atoms with Crippen molar-refractivity contribution in [2.45, 2.75) is 39.1 Å². The molecule has 0 saturated carbocycles. The van der Waals surface area contributed by atoms with Crippen molar-refractivity contribution in [3.8, 4) is 0 Å². The highest BCUT2D eigenvalue weighted by Gasteiger charge is 2.17. The number of aryl methyl sites for hydroxylation is 1. The van der Waals surface area contributed by atoms with Crippen LogP contribution in [0.1, 0.15) is 40.9 Å². The largest absolute Gasteiger partial charge is 0.322 e. The Hall–Kier alpha value is -3.16. The van der Waals surface area contributed by atoms with Gasteiger partial charge in [-0.2, -0.15) is 0 Å². The van der Waals surface area contributed by atoms with E-state index in [0.29, 0.717) is 16.9 Å². The van der Waals surface area contributed by atoms with E-state index in [0.717, 1.165) is 36.3 Å². The number of hydrogen-bond acceptors (Lipinski definition) is 4. The third-order valence-electron chi connectivity index (χ3n) is 5.76. The molecule has 0 bridgehead atoms. The van der Waals surface area contributed by atoms with E-state index in [9.17, 15) is 13.2 Å². The van der Waals surface area contributed by atoms with Gasteiger partial charge in [0.2, 0.25) is 0 Å². The van der Waals surface area contributed by atoms with E-state index in [4.69, 9.17) is 0 Å². The number of nitrogens with one attached hydrogen (secondary N) is 2. The number of anilines is 2. The standard InChI is InChI=1S/C26H31N3O3S/c1-5-29(6-2)18-21-10-8-11-23(17-21)27-26(30)22-13-15-24(16-14-22)33(31,32)28-25-12-7-9-19(3)20(25)4/h7-17,28H,5-6,18H2,1-4H3,(H,27,30). The molecule has 0 fully saturated rings. The van der Waals surface area contributed by atoms with Gasteiger partial charge >= 0.3 is 0 Å². The Kier molecular flexibility index (Phi) is 7.89. The highest BCUT2D eigenvalue weighted by atomic mass is 32.2. The first kappa shape index (κ1) is 24.5. The Morgan fingerprint density at radius 1 is 0.909 bits per heavy atom. The van der Waals surface area contributed by atoms with Crippen molar-refractivity contribution in [2.24, 2.45) is 0 Å². The van der Waals surface area contributed by atoms with E-state index >= 15 is 0 Å². The van der Waals surface area contributed by atoms with Crippen LogP contribution in [0.15, 0.2) is 71.6 Å². The van der Waals surface area contributed by atoms with Crippen LogP contribution in [-0.2, 0) is 16.6 Å². The molecule has 0 saturated heterocycles. The smallest absolute Gasteiger partial charge is 0.261 e. The molecule has 0 atom stereocenters. The van der Waals surface area contributed by atoms with Crippen LogP contribution in [0.25, 0.3) is 0 Å². The van der Waals surface area contributed by atoms with Crippen molar-refractivity contribution >= 4 is 27.3 Å². The Balaban J connectivity index is 1.71. The van der Waals surface area contributed by atoms with Crippen molar-refractivity contribution in [1.29, 1.82) is 0 Å². The molecule has 0 aromatic heterocycles. The predicted octanol–water partition coefficient (Wildman–Crippen LogP) is 5.20. The molecule has 7 heteroatoms. The van der Waals surface area contributed by atoms with Gasteiger partial charge in [0.05, 0.1) is 10.6 Å². The highest BCUT2D eigenvalue weighted by Crippen LogP contribution is 2.22. The molecule has 1 amide bonds. The first-order chi connectivity index (χ1) is 15.7. The Bertz CT molecular complexity index is 1220. The van der Waals surface area contributed by atoms with Gasteiger partial charge in [0, 0.05) is 17.8 Å². The first-order valence-corrected chi connectivity index (χ1v) is 12.5. The van der Waals surface area contributed by atoms with Gasteiger partial charge in [-0.25, -0.2) is 8.42 Å². The Morgan fingerprint density at radius 3 is 2.24 bits per heavy atom. The molecule has 0 unspecified atom stereocenters. The Labute approximate surface area is 196 Å². The summed E-state index contributed by atoms with van der Waals surface area (Å²) in [6, 6.07) is 19.2. The van der Waals surface area contributed by atoms with E-state index in [-0.39, 0.29) is 10.8 Å². The van der Waals surface area contributed by atoms with Gasteiger partial charge in [0.1, 0.15) is 0 Å². The average Bonchev–Trinajstić information content (AvgIpc) is 2.80. The second-order valence-corrected chi connectivity index (χ2v) is 9.68. The lowest BCUT2D eigenvalue weighted by Crippen LogP contribution is -2.22. The predicted molar refractivity (Wildman–Crippen MR) is 134 cm³/mol. The van der Waals surface area contributed by atoms with Gasteiger partial charge in [-0.15, -0.1) is 0 Å². The van der Waals surface area contributed by atoms with Crippen LogP contribution in [0.3, 0.4) is 0 Å². The molecular formula is C26H31N3O3S. The lowest BCUT2D eigenvalue weighted by atomic mass is 10.1. The first-order valence-electron chi connectivity index (χ1n) is 11.0. The molecule has 3 aromatic carbocycles. The van der Waals surface area contributed by atoms with Gasteiger partial charge in [-0.1, -0.05) is 38.1 Å². The summed E-state index contributed by atoms with van der Waals surface area (Å²) in [4.78, 5) is 15.1. The van der Waals surface area contributed by atoms with Crippen LogP contribution in [0, 0.1) is 13.8 Å². The molecule has 0 spiro atoms. The van der Waals surface area contributed by atoms with Crippen LogP contribution in [0.2, 0.25) is 0 Å². The maximum atomic E-state index is 12.8. The number of nitrogens with zero attached hydrogens (tertiary/aromatic N) is 1. The summed E-state index contributed by atoms with van der Waals surface area (Å²) >= 11 is 0. The molecule has 0 heterocycles. The summed E-state index contributed by atoms with van der Waals surface area (Å²) in [5.74, 6) is -0.290. The summed E-state index contributed by atoms with van der Waals surface area (Å²) in [5, 5.41) is 2.90. The SMILES string of the molecule is CCN(CC)Cc1cccc(NC(=O)c2ccc(S(=O)(=O)Nc3cccc(C)c3C)cc2)c1. The van der Waals surface area contributed by atoms with Crippen molar-refractivity contribution < 1.29 is 13.2 Å². The lowest BCUT2D eigenvalue weighted by molar-refractivity contribution is 0.102. The molecule has 0 aliphatic carbocycles. The fraction of sp³-hybridized carbons (Fsp3) is 0.269. The summed E-state index contributed by atoms with van der Waals surface area (Å²) in [5.41, 5.74) is 4.63. The quantitative estimate of drug-likeness (QED) is 0.455. The maximum absolute atomic E-state index is 12.8. The van der Waals surface area contributed by atoms with Crippen molar-refractivity contribution in [3.63, 3.8) is 0 Å². The van der Waals surface area contributed by atoms with Crippen molar-refractivity contribution in [1.82, 2.24) is 4.90 Å². The number of amides is 1. The summed E-state index contributed by atoms with van der Waals surface area (Å²) in [6.07, 6.45) is 0.